The molecule has 0 aliphatic carbocycles. The molecule has 1 atom stereocenters. The van der Waals surface area contributed by atoms with Crippen LogP contribution >= 0.6 is 0 Å². The molecule has 1 aromatic rings. The van der Waals surface area contributed by atoms with Crippen LogP contribution in [0.3, 0.4) is 0 Å². The van der Waals surface area contributed by atoms with Crippen molar-refractivity contribution in [1.82, 2.24) is 5.32 Å². The van der Waals surface area contributed by atoms with Crippen molar-refractivity contribution >= 4 is 0 Å². The molecule has 0 aliphatic rings. The third-order valence-electron chi connectivity index (χ3n) is 2.35. The first-order valence-electron chi connectivity index (χ1n) is 5.72. The average molecular weight is 223 g/mol. The van der Waals surface area contributed by atoms with Gasteiger partial charge in [-0.1, -0.05) is 6.08 Å². The summed E-state index contributed by atoms with van der Waals surface area (Å²) < 4.78 is 10.9. The molecule has 0 bridgehead atoms. The highest BCUT2D eigenvalue weighted by atomic mass is 16.5. The number of rotatable bonds is 8. The molecule has 1 aromatic heterocycles. The molecule has 3 heteroatoms. The number of nitrogens with one attached hydrogen (secondary N) is 1. The second kappa shape index (κ2) is 7.25. The molecule has 0 fully saturated rings. The molecule has 0 saturated carbocycles. The maximum absolute atomic E-state index is 5.52. The quantitative estimate of drug-likeness (QED) is 0.543. The minimum absolute atomic E-state index is 0.233. The fourth-order valence-electron chi connectivity index (χ4n) is 1.40. The van der Waals surface area contributed by atoms with Crippen LogP contribution in [0.25, 0.3) is 0 Å². The van der Waals surface area contributed by atoms with Gasteiger partial charge < -0.3 is 14.5 Å². The van der Waals surface area contributed by atoms with Crippen LogP contribution in [0.4, 0.5) is 0 Å². The lowest BCUT2D eigenvalue weighted by molar-refractivity contribution is 0.138. The van der Waals surface area contributed by atoms with Crippen LogP contribution in [-0.4, -0.2) is 19.8 Å². The van der Waals surface area contributed by atoms with E-state index >= 15 is 0 Å². The number of hydrogen-bond donors (Lipinski definition) is 1. The Morgan fingerprint density at radius 2 is 2.31 bits per heavy atom. The Bertz CT molecular complexity index is 307. The van der Waals surface area contributed by atoms with E-state index in [9.17, 15) is 0 Å². The van der Waals surface area contributed by atoms with Crippen LogP contribution in [-0.2, 0) is 4.74 Å². The van der Waals surface area contributed by atoms with Crippen molar-refractivity contribution in [2.75, 3.05) is 19.8 Å². The van der Waals surface area contributed by atoms with Gasteiger partial charge in [-0.05, 0) is 32.4 Å². The van der Waals surface area contributed by atoms with Gasteiger partial charge in [0.15, 0.2) is 0 Å². The van der Waals surface area contributed by atoms with E-state index in [0.29, 0.717) is 0 Å². The van der Waals surface area contributed by atoms with Crippen molar-refractivity contribution < 1.29 is 9.15 Å². The van der Waals surface area contributed by atoms with Crippen molar-refractivity contribution in [2.24, 2.45) is 0 Å². The highest BCUT2D eigenvalue weighted by Crippen LogP contribution is 2.14. The van der Waals surface area contributed by atoms with Crippen LogP contribution in [0.2, 0.25) is 0 Å². The number of aryl methyl sites for hydroxylation is 1. The zero-order chi connectivity index (χ0) is 11.8. The summed E-state index contributed by atoms with van der Waals surface area (Å²) in [4.78, 5) is 0. The Kier molecular flexibility index (Phi) is 5.90. The standard InChI is InChI=1S/C13H21NO2/c1-4-5-9-15-10-8-14-12(3)13-7-6-11(2)16-13/h4,6-7,12,14H,1,5,8-10H2,2-3H3. The molecule has 0 amide bonds. The van der Waals surface area contributed by atoms with Gasteiger partial charge in [0.2, 0.25) is 0 Å². The van der Waals surface area contributed by atoms with Gasteiger partial charge in [0.05, 0.1) is 19.3 Å². The fraction of sp³-hybridized carbons (Fsp3) is 0.538. The number of hydrogen-bond acceptors (Lipinski definition) is 3. The van der Waals surface area contributed by atoms with E-state index < -0.39 is 0 Å². The Hall–Kier alpha value is -1.06. The van der Waals surface area contributed by atoms with E-state index in [1.54, 1.807) is 0 Å². The van der Waals surface area contributed by atoms with Crippen molar-refractivity contribution in [3.63, 3.8) is 0 Å². The third kappa shape index (κ3) is 4.64. The lowest BCUT2D eigenvalue weighted by atomic mass is 10.2. The predicted octanol–water partition coefficient (Wildman–Crippen LogP) is 2.83. The molecule has 0 aromatic carbocycles. The normalized spacial score (nSPS) is 12.6. The van der Waals surface area contributed by atoms with E-state index in [1.165, 1.54) is 0 Å². The molecule has 0 saturated heterocycles. The fourth-order valence-corrected chi connectivity index (χ4v) is 1.40. The van der Waals surface area contributed by atoms with Crippen LogP contribution < -0.4 is 5.32 Å². The van der Waals surface area contributed by atoms with Crippen LogP contribution in [0.5, 0.6) is 0 Å². The highest BCUT2D eigenvalue weighted by molar-refractivity contribution is 5.08. The van der Waals surface area contributed by atoms with E-state index in [4.69, 9.17) is 9.15 Å². The maximum Gasteiger partial charge on any atom is 0.120 e. The summed E-state index contributed by atoms with van der Waals surface area (Å²) in [5, 5.41) is 3.34. The van der Waals surface area contributed by atoms with Gasteiger partial charge in [-0.25, -0.2) is 0 Å². The zero-order valence-electron chi connectivity index (χ0n) is 10.2. The molecule has 16 heavy (non-hydrogen) atoms. The molecule has 0 spiro atoms. The lowest BCUT2D eigenvalue weighted by Gasteiger charge is -2.11. The van der Waals surface area contributed by atoms with Crippen LogP contribution in [0.15, 0.2) is 29.2 Å². The second-order valence-electron chi connectivity index (χ2n) is 3.81. The minimum Gasteiger partial charge on any atom is -0.465 e. The van der Waals surface area contributed by atoms with Gasteiger partial charge in [-0.2, -0.15) is 0 Å². The van der Waals surface area contributed by atoms with Gasteiger partial charge in [0, 0.05) is 6.54 Å². The van der Waals surface area contributed by atoms with Crippen molar-refractivity contribution in [2.45, 2.75) is 26.3 Å². The Labute approximate surface area is 97.5 Å². The first-order chi connectivity index (χ1) is 7.74. The number of ether oxygens (including phenoxy) is 1. The van der Waals surface area contributed by atoms with E-state index in [-0.39, 0.29) is 6.04 Å². The lowest BCUT2D eigenvalue weighted by Crippen LogP contribution is -2.23. The topological polar surface area (TPSA) is 34.4 Å². The maximum atomic E-state index is 5.52. The van der Waals surface area contributed by atoms with Gasteiger partial charge in [-0.3, -0.25) is 0 Å². The summed E-state index contributed by atoms with van der Waals surface area (Å²) in [5.41, 5.74) is 0. The first kappa shape index (κ1) is 13.0. The van der Waals surface area contributed by atoms with E-state index in [2.05, 4.69) is 18.8 Å². The average Bonchev–Trinajstić information content (AvgIpc) is 2.70. The van der Waals surface area contributed by atoms with Crippen LogP contribution in [0.1, 0.15) is 30.9 Å². The predicted molar refractivity (Wildman–Crippen MR) is 65.5 cm³/mol. The van der Waals surface area contributed by atoms with Gasteiger partial charge >= 0.3 is 0 Å². The molecular formula is C13H21NO2. The van der Waals surface area contributed by atoms with Gasteiger partial charge in [-0.15, -0.1) is 6.58 Å². The molecule has 0 radical (unpaired) electrons. The Morgan fingerprint density at radius 1 is 1.50 bits per heavy atom. The molecule has 0 aliphatic heterocycles. The van der Waals surface area contributed by atoms with Crippen LogP contribution in [0, 0.1) is 6.92 Å². The third-order valence-corrected chi connectivity index (χ3v) is 2.35. The van der Waals surface area contributed by atoms with Gasteiger partial charge in [0.1, 0.15) is 11.5 Å². The molecule has 1 N–H and O–H groups in total. The van der Waals surface area contributed by atoms with Crippen molar-refractivity contribution in [3.8, 4) is 0 Å². The molecule has 1 heterocycles. The Morgan fingerprint density at radius 3 is 2.94 bits per heavy atom. The molecular weight excluding hydrogens is 202 g/mol. The second-order valence-corrected chi connectivity index (χ2v) is 3.81. The summed E-state index contributed by atoms with van der Waals surface area (Å²) in [5.74, 6) is 1.93. The summed E-state index contributed by atoms with van der Waals surface area (Å²) >= 11 is 0. The molecule has 1 rings (SSSR count). The molecule has 3 nitrogen and oxygen atoms in total. The van der Waals surface area contributed by atoms with Gasteiger partial charge in [0.25, 0.3) is 0 Å². The number of furan rings is 1. The largest absolute Gasteiger partial charge is 0.465 e. The first-order valence-corrected chi connectivity index (χ1v) is 5.72. The smallest absolute Gasteiger partial charge is 0.120 e. The summed E-state index contributed by atoms with van der Waals surface area (Å²) in [7, 11) is 0. The van der Waals surface area contributed by atoms with Crippen molar-refractivity contribution in [1.29, 1.82) is 0 Å². The Balaban J connectivity index is 2.11. The summed E-state index contributed by atoms with van der Waals surface area (Å²) in [6, 6.07) is 4.22. The monoisotopic (exact) mass is 223 g/mol. The molecule has 1 unspecified atom stereocenters. The summed E-state index contributed by atoms with van der Waals surface area (Å²) in [6.07, 6.45) is 2.77. The minimum atomic E-state index is 0.233. The SMILES string of the molecule is C=CCCOCCNC(C)c1ccc(C)o1. The van der Waals surface area contributed by atoms with Crippen molar-refractivity contribution in [3.05, 3.63) is 36.3 Å². The highest BCUT2D eigenvalue weighted by Gasteiger charge is 2.07. The molecule has 90 valence electrons. The zero-order valence-corrected chi connectivity index (χ0v) is 10.2. The van der Waals surface area contributed by atoms with E-state index in [1.807, 2.05) is 25.1 Å². The van der Waals surface area contributed by atoms with E-state index in [0.717, 1.165) is 37.7 Å². The summed E-state index contributed by atoms with van der Waals surface area (Å²) in [6.45, 7) is 9.98.